The molecule has 0 saturated carbocycles. The summed E-state index contributed by atoms with van der Waals surface area (Å²) in [5.41, 5.74) is 2.78. The lowest BCUT2D eigenvalue weighted by molar-refractivity contribution is 0.162. The van der Waals surface area contributed by atoms with Gasteiger partial charge in [-0.25, -0.2) is 4.68 Å². The lowest BCUT2D eigenvalue weighted by atomic mass is 10.1. The topological polar surface area (TPSA) is 38.0 Å². The Kier molecular flexibility index (Phi) is 3.95. The number of para-hydroxylation sites is 1. The van der Waals surface area contributed by atoms with Crippen LogP contribution in [0, 0.1) is 0 Å². The second-order valence-corrected chi connectivity index (χ2v) is 4.53. The van der Waals surface area contributed by atoms with Crippen LogP contribution < -0.4 is 0 Å². The van der Waals surface area contributed by atoms with E-state index in [2.05, 4.69) is 11.7 Å². The van der Waals surface area contributed by atoms with Crippen LogP contribution in [-0.2, 0) is 0 Å². The third kappa shape index (κ3) is 3.08. The van der Waals surface area contributed by atoms with Crippen molar-refractivity contribution in [2.45, 2.75) is 25.9 Å². The van der Waals surface area contributed by atoms with E-state index in [1.807, 2.05) is 49.5 Å². The van der Waals surface area contributed by atoms with Gasteiger partial charge < -0.3 is 5.11 Å². The number of allylic oxidation sites excluding steroid dienone is 1. The zero-order valence-corrected chi connectivity index (χ0v) is 10.6. The SMILES string of the molecule is C=C(C)CCC(O)c1ccn(-c2ccccc2)n1. The van der Waals surface area contributed by atoms with Gasteiger partial charge in [0.2, 0.25) is 0 Å². The van der Waals surface area contributed by atoms with Crippen LogP contribution in [0.4, 0.5) is 0 Å². The summed E-state index contributed by atoms with van der Waals surface area (Å²) in [4.78, 5) is 0. The Morgan fingerprint density at radius 3 is 2.72 bits per heavy atom. The van der Waals surface area contributed by atoms with Gasteiger partial charge >= 0.3 is 0 Å². The average molecular weight is 242 g/mol. The van der Waals surface area contributed by atoms with E-state index in [-0.39, 0.29) is 0 Å². The number of hydrogen-bond donors (Lipinski definition) is 1. The van der Waals surface area contributed by atoms with Crippen LogP contribution in [0.5, 0.6) is 0 Å². The summed E-state index contributed by atoms with van der Waals surface area (Å²) in [6.07, 6.45) is 2.83. The molecule has 0 aliphatic rings. The molecule has 1 aromatic heterocycles. The average Bonchev–Trinajstić information content (AvgIpc) is 2.86. The normalized spacial score (nSPS) is 12.3. The summed E-state index contributed by atoms with van der Waals surface area (Å²) < 4.78 is 1.78. The van der Waals surface area contributed by atoms with Gasteiger partial charge in [0.1, 0.15) is 0 Å². The van der Waals surface area contributed by atoms with Crippen molar-refractivity contribution in [2.24, 2.45) is 0 Å². The minimum absolute atomic E-state index is 0.522. The van der Waals surface area contributed by atoms with E-state index in [0.29, 0.717) is 12.1 Å². The molecule has 0 amide bonds. The van der Waals surface area contributed by atoms with Gasteiger partial charge in [-0.05, 0) is 38.0 Å². The Labute approximate surface area is 107 Å². The first-order valence-corrected chi connectivity index (χ1v) is 6.10. The maximum Gasteiger partial charge on any atom is 0.0981 e. The van der Waals surface area contributed by atoms with E-state index in [0.717, 1.165) is 17.7 Å². The van der Waals surface area contributed by atoms with Crippen molar-refractivity contribution in [3.63, 3.8) is 0 Å². The highest BCUT2D eigenvalue weighted by atomic mass is 16.3. The van der Waals surface area contributed by atoms with Crippen molar-refractivity contribution < 1.29 is 5.11 Å². The van der Waals surface area contributed by atoms with Crippen LogP contribution in [0.2, 0.25) is 0 Å². The Hall–Kier alpha value is -1.87. The molecule has 94 valence electrons. The standard InChI is InChI=1S/C15H18N2O/c1-12(2)8-9-15(18)14-10-11-17(16-14)13-6-4-3-5-7-13/h3-7,10-11,15,18H,1,8-9H2,2H3. The molecule has 0 aliphatic heterocycles. The zero-order chi connectivity index (χ0) is 13.0. The first kappa shape index (κ1) is 12.6. The highest BCUT2D eigenvalue weighted by Crippen LogP contribution is 2.19. The van der Waals surface area contributed by atoms with Gasteiger partial charge in [0.15, 0.2) is 0 Å². The molecule has 1 aromatic carbocycles. The summed E-state index contributed by atoms with van der Waals surface area (Å²) in [6.45, 7) is 5.80. The largest absolute Gasteiger partial charge is 0.387 e. The minimum Gasteiger partial charge on any atom is -0.387 e. The monoisotopic (exact) mass is 242 g/mol. The molecule has 0 aliphatic carbocycles. The van der Waals surface area contributed by atoms with Crippen LogP contribution in [0.15, 0.2) is 54.7 Å². The highest BCUT2D eigenvalue weighted by molar-refractivity contribution is 5.30. The lowest BCUT2D eigenvalue weighted by Gasteiger charge is -2.07. The summed E-state index contributed by atoms with van der Waals surface area (Å²) in [6, 6.07) is 11.7. The van der Waals surface area contributed by atoms with Crippen molar-refractivity contribution in [1.29, 1.82) is 0 Å². The molecular weight excluding hydrogens is 224 g/mol. The molecule has 0 bridgehead atoms. The number of nitrogens with zero attached hydrogens (tertiary/aromatic N) is 2. The second kappa shape index (κ2) is 5.65. The van der Waals surface area contributed by atoms with Crippen LogP contribution in [0.3, 0.4) is 0 Å². The fourth-order valence-electron chi connectivity index (χ4n) is 1.77. The molecule has 3 heteroatoms. The lowest BCUT2D eigenvalue weighted by Crippen LogP contribution is -2.01. The van der Waals surface area contributed by atoms with Crippen LogP contribution in [0.25, 0.3) is 5.69 Å². The van der Waals surface area contributed by atoms with E-state index in [1.54, 1.807) is 4.68 Å². The number of rotatable bonds is 5. The first-order valence-electron chi connectivity index (χ1n) is 6.10. The molecule has 1 atom stereocenters. The van der Waals surface area contributed by atoms with E-state index in [9.17, 15) is 5.11 Å². The van der Waals surface area contributed by atoms with Gasteiger partial charge in [0, 0.05) is 6.20 Å². The minimum atomic E-state index is -0.522. The van der Waals surface area contributed by atoms with Crippen LogP contribution in [0.1, 0.15) is 31.6 Å². The van der Waals surface area contributed by atoms with Gasteiger partial charge in [0.25, 0.3) is 0 Å². The smallest absolute Gasteiger partial charge is 0.0981 e. The molecule has 2 aromatic rings. The molecule has 1 N–H and O–H groups in total. The van der Waals surface area contributed by atoms with E-state index >= 15 is 0 Å². The van der Waals surface area contributed by atoms with Gasteiger partial charge in [-0.1, -0.05) is 23.8 Å². The van der Waals surface area contributed by atoms with Crippen molar-refractivity contribution in [2.75, 3.05) is 0 Å². The van der Waals surface area contributed by atoms with Crippen molar-refractivity contribution >= 4 is 0 Å². The molecule has 18 heavy (non-hydrogen) atoms. The van der Waals surface area contributed by atoms with Crippen LogP contribution >= 0.6 is 0 Å². The molecule has 0 saturated heterocycles. The fraction of sp³-hybridized carbons (Fsp3) is 0.267. The number of hydrogen-bond acceptors (Lipinski definition) is 2. The quantitative estimate of drug-likeness (QED) is 0.817. The maximum atomic E-state index is 10.0. The van der Waals surface area contributed by atoms with Crippen molar-refractivity contribution in [3.05, 3.63) is 60.4 Å². The summed E-state index contributed by atoms with van der Waals surface area (Å²) in [5.74, 6) is 0. The molecule has 1 heterocycles. The predicted molar refractivity (Wildman–Crippen MR) is 72.6 cm³/mol. The Balaban J connectivity index is 2.08. The second-order valence-electron chi connectivity index (χ2n) is 4.53. The van der Waals surface area contributed by atoms with Gasteiger partial charge in [-0.2, -0.15) is 5.10 Å². The maximum absolute atomic E-state index is 10.0. The molecule has 1 unspecified atom stereocenters. The van der Waals surface area contributed by atoms with E-state index in [1.165, 1.54) is 0 Å². The highest BCUT2D eigenvalue weighted by Gasteiger charge is 2.11. The van der Waals surface area contributed by atoms with Gasteiger partial charge in [0.05, 0.1) is 17.5 Å². The summed E-state index contributed by atoms with van der Waals surface area (Å²) in [5, 5.41) is 14.4. The Bertz CT molecular complexity index is 516. The molecule has 0 fully saturated rings. The summed E-state index contributed by atoms with van der Waals surface area (Å²) in [7, 11) is 0. The number of aliphatic hydroxyl groups excluding tert-OH is 1. The van der Waals surface area contributed by atoms with E-state index in [4.69, 9.17) is 0 Å². The van der Waals surface area contributed by atoms with Crippen LogP contribution in [-0.4, -0.2) is 14.9 Å². The first-order chi connectivity index (χ1) is 8.66. The Morgan fingerprint density at radius 1 is 1.33 bits per heavy atom. The fourth-order valence-corrected chi connectivity index (χ4v) is 1.77. The number of aliphatic hydroxyl groups is 1. The molecule has 2 rings (SSSR count). The van der Waals surface area contributed by atoms with Crippen molar-refractivity contribution in [1.82, 2.24) is 9.78 Å². The zero-order valence-electron chi connectivity index (χ0n) is 10.6. The molecular formula is C15H18N2O. The number of aromatic nitrogens is 2. The van der Waals surface area contributed by atoms with Gasteiger partial charge in [-0.3, -0.25) is 0 Å². The third-order valence-corrected chi connectivity index (χ3v) is 2.82. The third-order valence-electron chi connectivity index (χ3n) is 2.82. The molecule has 0 spiro atoms. The van der Waals surface area contributed by atoms with E-state index < -0.39 is 6.10 Å². The number of benzene rings is 1. The summed E-state index contributed by atoms with van der Waals surface area (Å²) >= 11 is 0. The van der Waals surface area contributed by atoms with Crippen molar-refractivity contribution in [3.8, 4) is 5.69 Å². The molecule has 3 nitrogen and oxygen atoms in total. The van der Waals surface area contributed by atoms with Gasteiger partial charge in [-0.15, -0.1) is 6.58 Å². The predicted octanol–water partition coefficient (Wildman–Crippen LogP) is 3.26. The molecule has 0 radical (unpaired) electrons. The Morgan fingerprint density at radius 2 is 2.06 bits per heavy atom.